The Bertz CT molecular complexity index is 583. The highest BCUT2D eigenvalue weighted by Crippen LogP contribution is 2.34. The Morgan fingerprint density at radius 1 is 1.37 bits per heavy atom. The second-order valence-electron chi connectivity index (χ2n) is 4.92. The van der Waals surface area contributed by atoms with Crippen molar-refractivity contribution in [1.82, 2.24) is 5.32 Å². The predicted octanol–water partition coefficient (Wildman–Crippen LogP) is 0.665. The van der Waals surface area contributed by atoms with Crippen LogP contribution in [0.15, 0.2) is 24.3 Å². The molecule has 6 heteroatoms. The molecule has 3 unspecified atom stereocenters. The van der Waals surface area contributed by atoms with Crippen LogP contribution < -0.4 is 5.32 Å². The normalized spacial score (nSPS) is 24.1. The van der Waals surface area contributed by atoms with Gasteiger partial charge in [-0.05, 0) is 24.6 Å². The van der Waals surface area contributed by atoms with Gasteiger partial charge in [-0.3, -0.25) is 4.21 Å². The summed E-state index contributed by atoms with van der Waals surface area (Å²) in [6, 6.07) is 8.10. The summed E-state index contributed by atoms with van der Waals surface area (Å²) in [7, 11) is -2.34. The topological polar surface area (TPSA) is 63.2 Å². The molecule has 2 rings (SSSR count). The predicted molar refractivity (Wildman–Crippen MR) is 78.5 cm³/mol. The lowest BCUT2D eigenvalue weighted by Crippen LogP contribution is -2.32. The van der Waals surface area contributed by atoms with Gasteiger partial charge >= 0.3 is 0 Å². The molecule has 19 heavy (non-hydrogen) atoms. The van der Waals surface area contributed by atoms with Crippen molar-refractivity contribution in [2.45, 2.75) is 17.7 Å². The summed E-state index contributed by atoms with van der Waals surface area (Å²) in [5.41, 5.74) is 2.39. The lowest BCUT2D eigenvalue weighted by Gasteiger charge is -2.19. The minimum Gasteiger partial charge on any atom is -0.312 e. The first-order chi connectivity index (χ1) is 8.92. The third-order valence-electron chi connectivity index (χ3n) is 3.49. The molecular weight excluding hydrogens is 282 g/mol. The molecule has 0 aliphatic heterocycles. The maximum atomic E-state index is 12.3. The molecule has 0 spiro atoms. The van der Waals surface area contributed by atoms with Crippen molar-refractivity contribution in [1.29, 1.82) is 0 Å². The van der Waals surface area contributed by atoms with Crippen molar-refractivity contribution in [2.24, 2.45) is 0 Å². The molecule has 0 heterocycles. The smallest absolute Gasteiger partial charge is 0.148 e. The van der Waals surface area contributed by atoms with E-state index >= 15 is 0 Å². The second kappa shape index (κ2) is 5.73. The molecule has 0 fully saturated rings. The van der Waals surface area contributed by atoms with Gasteiger partial charge in [0.05, 0.1) is 11.0 Å². The average molecular weight is 301 g/mol. The summed E-state index contributed by atoms with van der Waals surface area (Å²) in [6.45, 7) is 0. The third kappa shape index (κ3) is 3.43. The van der Waals surface area contributed by atoms with Crippen molar-refractivity contribution in [3.63, 3.8) is 0 Å². The molecule has 1 aliphatic carbocycles. The van der Waals surface area contributed by atoms with Crippen LogP contribution in [0.5, 0.6) is 0 Å². The van der Waals surface area contributed by atoms with Crippen LogP contribution in [0, 0.1) is 0 Å². The first-order valence-electron chi connectivity index (χ1n) is 6.22. The Morgan fingerprint density at radius 3 is 2.68 bits per heavy atom. The SMILES string of the molecule is CNC1c2ccccc2CC1S(=O)CCS(C)(=O)=O. The Labute approximate surface area is 117 Å². The summed E-state index contributed by atoms with van der Waals surface area (Å²) in [4.78, 5) is 0. The average Bonchev–Trinajstić information content (AvgIpc) is 2.73. The van der Waals surface area contributed by atoms with Gasteiger partial charge in [0.15, 0.2) is 0 Å². The third-order valence-corrected chi connectivity index (χ3v) is 6.41. The van der Waals surface area contributed by atoms with E-state index in [1.165, 1.54) is 17.4 Å². The van der Waals surface area contributed by atoms with Gasteiger partial charge in [0.25, 0.3) is 0 Å². The quantitative estimate of drug-likeness (QED) is 0.868. The molecule has 4 nitrogen and oxygen atoms in total. The largest absolute Gasteiger partial charge is 0.312 e. The van der Waals surface area contributed by atoms with E-state index in [2.05, 4.69) is 5.32 Å². The fourth-order valence-corrected chi connectivity index (χ4v) is 5.65. The lowest BCUT2D eigenvalue weighted by atomic mass is 10.1. The van der Waals surface area contributed by atoms with Crippen molar-refractivity contribution < 1.29 is 12.6 Å². The molecule has 0 amide bonds. The zero-order valence-corrected chi connectivity index (χ0v) is 12.8. The van der Waals surface area contributed by atoms with Gasteiger partial charge in [-0.1, -0.05) is 24.3 Å². The Balaban J connectivity index is 2.12. The fourth-order valence-electron chi connectivity index (χ4n) is 2.53. The Kier molecular flexibility index (Phi) is 4.43. The zero-order valence-electron chi connectivity index (χ0n) is 11.1. The van der Waals surface area contributed by atoms with Crippen LogP contribution in [0.25, 0.3) is 0 Å². The van der Waals surface area contributed by atoms with Crippen molar-refractivity contribution in [3.8, 4) is 0 Å². The molecule has 0 aromatic heterocycles. The maximum Gasteiger partial charge on any atom is 0.148 e. The number of fused-ring (bicyclic) bond motifs is 1. The van der Waals surface area contributed by atoms with E-state index in [9.17, 15) is 12.6 Å². The minimum atomic E-state index is -3.05. The number of benzene rings is 1. The molecule has 0 radical (unpaired) electrons. The molecular formula is C13H19NO3S2. The second-order valence-corrected chi connectivity index (χ2v) is 8.96. The van der Waals surface area contributed by atoms with Gasteiger partial charge in [0, 0.05) is 28.9 Å². The zero-order chi connectivity index (χ0) is 14.0. The molecule has 1 aromatic carbocycles. The van der Waals surface area contributed by atoms with Gasteiger partial charge in [-0.2, -0.15) is 0 Å². The molecule has 1 aromatic rings. The van der Waals surface area contributed by atoms with E-state index in [4.69, 9.17) is 0 Å². The van der Waals surface area contributed by atoms with Crippen LogP contribution >= 0.6 is 0 Å². The fraction of sp³-hybridized carbons (Fsp3) is 0.538. The van der Waals surface area contributed by atoms with Gasteiger partial charge < -0.3 is 5.32 Å². The van der Waals surface area contributed by atoms with Gasteiger partial charge in [-0.15, -0.1) is 0 Å². The Morgan fingerprint density at radius 2 is 2.05 bits per heavy atom. The van der Waals surface area contributed by atoms with E-state index in [1.807, 2.05) is 31.3 Å². The van der Waals surface area contributed by atoms with E-state index < -0.39 is 20.6 Å². The van der Waals surface area contributed by atoms with Crippen LogP contribution in [0.4, 0.5) is 0 Å². The first-order valence-corrected chi connectivity index (χ1v) is 9.66. The highest BCUT2D eigenvalue weighted by atomic mass is 32.2. The summed E-state index contributed by atoms with van der Waals surface area (Å²) in [6.07, 6.45) is 1.93. The molecule has 3 atom stereocenters. The molecule has 0 saturated carbocycles. The highest BCUT2D eigenvalue weighted by Gasteiger charge is 2.35. The number of nitrogens with one attached hydrogen (secondary N) is 1. The van der Waals surface area contributed by atoms with Gasteiger partial charge in [0.2, 0.25) is 0 Å². The van der Waals surface area contributed by atoms with Crippen molar-refractivity contribution >= 4 is 20.6 Å². The van der Waals surface area contributed by atoms with Crippen LogP contribution in [-0.4, -0.2) is 42.7 Å². The number of hydrogen-bond acceptors (Lipinski definition) is 4. The van der Waals surface area contributed by atoms with Crippen LogP contribution in [0.3, 0.4) is 0 Å². The maximum absolute atomic E-state index is 12.3. The summed E-state index contributed by atoms with van der Waals surface area (Å²) in [5.74, 6) is 0.207. The van der Waals surface area contributed by atoms with Gasteiger partial charge in [-0.25, -0.2) is 8.42 Å². The monoisotopic (exact) mass is 301 g/mol. The van der Waals surface area contributed by atoms with E-state index in [1.54, 1.807) is 0 Å². The molecule has 0 saturated heterocycles. The molecule has 0 bridgehead atoms. The van der Waals surface area contributed by atoms with Crippen molar-refractivity contribution in [3.05, 3.63) is 35.4 Å². The molecule has 106 valence electrons. The number of sulfone groups is 1. The van der Waals surface area contributed by atoms with Crippen LogP contribution in [0.1, 0.15) is 17.2 Å². The summed E-state index contributed by atoms with van der Waals surface area (Å²) < 4.78 is 34.7. The van der Waals surface area contributed by atoms with E-state index in [-0.39, 0.29) is 22.8 Å². The van der Waals surface area contributed by atoms with E-state index in [0.29, 0.717) is 0 Å². The minimum absolute atomic E-state index is 0.0110. The number of rotatable bonds is 5. The van der Waals surface area contributed by atoms with Crippen molar-refractivity contribution in [2.75, 3.05) is 24.8 Å². The lowest BCUT2D eigenvalue weighted by molar-refractivity contribution is 0.580. The van der Waals surface area contributed by atoms with Crippen LogP contribution in [-0.2, 0) is 27.1 Å². The highest BCUT2D eigenvalue weighted by molar-refractivity contribution is 7.92. The van der Waals surface area contributed by atoms with Gasteiger partial charge in [0.1, 0.15) is 9.84 Å². The number of hydrogen-bond donors (Lipinski definition) is 1. The summed E-state index contributed by atoms with van der Waals surface area (Å²) >= 11 is 0. The van der Waals surface area contributed by atoms with E-state index in [0.717, 1.165) is 6.42 Å². The Hall–Kier alpha value is -0.720. The first kappa shape index (κ1) is 14.7. The standard InChI is InChI=1S/C13H19NO3S2/c1-14-13-11-6-4-3-5-10(11)9-12(13)18(15)7-8-19(2,16)17/h3-6,12-14H,7-9H2,1-2H3. The molecule has 1 aliphatic rings. The molecule has 1 N–H and O–H groups in total. The summed E-state index contributed by atoms with van der Waals surface area (Å²) in [5, 5.41) is 3.17. The van der Waals surface area contributed by atoms with Crippen LogP contribution in [0.2, 0.25) is 0 Å².